The van der Waals surface area contributed by atoms with Crippen LogP contribution in [-0.2, 0) is 28.9 Å². The first-order chi connectivity index (χ1) is 18.3. The van der Waals surface area contributed by atoms with Crippen LogP contribution < -0.4 is 11.1 Å². The van der Waals surface area contributed by atoms with Gasteiger partial charge in [0.15, 0.2) is 0 Å². The van der Waals surface area contributed by atoms with E-state index in [1.165, 1.54) is 5.56 Å². The summed E-state index contributed by atoms with van der Waals surface area (Å²) in [5.74, 6) is -2.32. The summed E-state index contributed by atoms with van der Waals surface area (Å²) >= 11 is 0. The van der Waals surface area contributed by atoms with Gasteiger partial charge < -0.3 is 20.9 Å². The Kier molecular flexibility index (Phi) is 12.5. The largest absolute Gasteiger partial charge is 0.443 e. The number of rotatable bonds is 13. The summed E-state index contributed by atoms with van der Waals surface area (Å²) < 4.78 is 33.6. The third-order valence-corrected chi connectivity index (χ3v) is 6.24. The molecule has 2 aromatic rings. The Morgan fingerprint density at radius 2 is 1.69 bits per heavy atom. The van der Waals surface area contributed by atoms with Crippen LogP contribution in [0.4, 0.5) is 13.6 Å². The van der Waals surface area contributed by atoms with Gasteiger partial charge in [0.05, 0.1) is 18.2 Å². The standard InChI is InChI=1S/C30H43F2N3O4/c1-6-8-12-25(33)28(37)35(29(38)39-30(3,4)5)26(16-22-14-23(31)17-24(32)15-22)27(36)19-34-18-21-11-9-10-20(7-2)13-21/h9-11,13-15,17,25-27,34,36H,6-8,12,16,18-19,33H2,1-5H3/t25-,26-,27+/m0/s1. The number of aryl methyl sites for hydroxylation is 1. The number of imide groups is 1. The molecule has 0 fully saturated rings. The number of amides is 2. The molecule has 216 valence electrons. The molecule has 0 heterocycles. The van der Waals surface area contributed by atoms with Crippen LogP contribution in [0, 0.1) is 11.6 Å². The van der Waals surface area contributed by atoms with Gasteiger partial charge in [0.25, 0.3) is 0 Å². The van der Waals surface area contributed by atoms with Crippen molar-refractivity contribution in [1.82, 2.24) is 10.2 Å². The molecule has 0 spiro atoms. The van der Waals surface area contributed by atoms with E-state index in [1.54, 1.807) is 20.8 Å². The van der Waals surface area contributed by atoms with Crippen LogP contribution in [0.15, 0.2) is 42.5 Å². The van der Waals surface area contributed by atoms with E-state index in [4.69, 9.17) is 10.5 Å². The zero-order valence-corrected chi connectivity index (χ0v) is 23.7. The highest BCUT2D eigenvalue weighted by atomic mass is 19.1. The maximum Gasteiger partial charge on any atom is 0.417 e. The highest BCUT2D eigenvalue weighted by Gasteiger charge is 2.39. The fourth-order valence-electron chi connectivity index (χ4n) is 4.26. The lowest BCUT2D eigenvalue weighted by atomic mass is 9.97. The Labute approximate surface area is 230 Å². The molecule has 2 aromatic carbocycles. The molecule has 0 unspecified atom stereocenters. The zero-order chi connectivity index (χ0) is 29.2. The Bertz CT molecular complexity index is 1070. The average molecular weight is 548 g/mol. The minimum absolute atomic E-state index is 0.00437. The number of nitrogens with two attached hydrogens (primary N) is 1. The fraction of sp³-hybridized carbons (Fsp3) is 0.533. The quantitative estimate of drug-likeness (QED) is 0.331. The van der Waals surface area contributed by atoms with Crippen molar-refractivity contribution < 1.29 is 28.2 Å². The van der Waals surface area contributed by atoms with E-state index >= 15 is 0 Å². The first-order valence-corrected chi connectivity index (χ1v) is 13.6. The Morgan fingerprint density at radius 1 is 1.05 bits per heavy atom. The molecule has 39 heavy (non-hydrogen) atoms. The highest BCUT2D eigenvalue weighted by Crippen LogP contribution is 2.21. The van der Waals surface area contributed by atoms with Gasteiger partial charge in [-0.05, 0) is 68.9 Å². The SMILES string of the molecule is CCCC[C@H](N)C(=O)N(C(=O)OC(C)(C)C)[C@@H](Cc1cc(F)cc(F)c1)[C@H](O)CNCc1cccc(CC)c1. The van der Waals surface area contributed by atoms with E-state index in [0.29, 0.717) is 19.4 Å². The van der Waals surface area contributed by atoms with Gasteiger partial charge in [-0.3, -0.25) is 4.79 Å². The topological polar surface area (TPSA) is 105 Å². The van der Waals surface area contributed by atoms with Crippen molar-refractivity contribution in [2.75, 3.05) is 6.54 Å². The maximum atomic E-state index is 14.0. The van der Waals surface area contributed by atoms with Crippen molar-refractivity contribution in [3.05, 3.63) is 70.8 Å². The molecular formula is C30H43F2N3O4. The number of aliphatic hydroxyl groups is 1. The molecule has 9 heteroatoms. The maximum absolute atomic E-state index is 14.0. The van der Waals surface area contributed by atoms with E-state index in [2.05, 4.69) is 18.3 Å². The summed E-state index contributed by atoms with van der Waals surface area (Å²) in [6, 6.07) is 8.73. The van der Waals surface area contributed by atoms with Crippen molar-refractivity contribution in [2.24, 2.45) is 5.73 Å². The molecule has 0 aliphatic carbocycles. The fourth-order valence-corrected chi connectivity index (χ4v) is 4.26. The van der Waals surface area contributed by atoms with Gasteiger partial charge in [-0.1, -0.05) is 51.0 Å². The summed E-state index contributed by atoms with van der Waals surface area (Å²) in [5, 5.41) is 14.5. The van der Waals surface area contributed by atoms with Crippen LogP contribution in [0.5, 0.6) is 0 Å². The van der Waals surface area contributed by atoms with E-state index in [-0.39, 0.29) is 18.5 Å². The third kappa shape index (κ3) is 10.7. The predicted molar refractivity (Wildman–Crippen MR) is 148 cm³/mol. The van der Waals surface area contributed by atoms with Crippen molar-refractivity contribution in [2.45, 2.75) is 97.1 Å². The molecule has 0 saturated carbocycles. The Hall–Kier alpha value is -2.88. The second kappa shape index (κ2) is 15.1. The van der Waals surface area contributed by atoms with Gasteiger partial charge in [-0.25, -0.2) is 18.5 Å². The third-order valence-electron chi connectivity index (χ3n) is 6.24. The average Bonchev–Trinajstić information content (AvgIpc) is 2.85. The summed E-state index contributed by atoms with van der Waals surface area (Å²) in [6.45, 7) is 9.41. The van der Waals surface area contributed by atoms with E-state index in [0.717, 1.165) is 41.5 Å². The highest BCUT2D eigenvalue weighted by molar-refractivity contribution is 5.95. The lowest BCUT2D eigenvalue weighted by molar-refractivity contribution is -0.136. The molecule has 0 radical (unpaired) electrons. The number of nitrogens with zero attached hydrogens (tertiary/aromatic N) is 1. The number of hydrogen-bond acceptors (Lipinski definition) is 6. The van der Waals surface area contributed by atoms with Crippen molar-refractivity contribution in [1.29, 1.82) is 0 Å². The molecule has 4 N–H and O–H groups in total. The van der Waals surface area contributed by atoms with E-state index in [1.807, 2.05) is 25.1 Å². The molecule has 3 atom stereocenters. The van der Waals surface area contributed by atoms with Crippen LogP contribution in [0.1, 0.15) is 70.6 Å². The van der Waals surface area contributed by atoms with Crippen LogP contribution in [-0.4, -0.2) is 52.3 Å². The summed E-state index contributed by atoms with van der Waals surface area (Å²) in [7, 11) is 0. The molecule has 2 amide bonds. The van der Waals surface area contributed by atoms with Gasteiger partial charge in [0.2, 0.25) is 5.91 Å². The Morgan fingerprint density at radius 3 is 2.28 bits per heavy atom. The minimum atomic E-state index is -1.29. The lowest BCUT2D eigenvalue weighted by Crippen LogP contribution is -2.58. The number of unbranched alkanes of at least 4 members (excludes halogenated alkanes) is 1. The monoisotopic (exact) mass is 547 g/mol. The lowest BCUT2D eigenvalue weighted by Gasteiger charge is -2.36. The minimum Gasteiger partial charge on any atom is -0.443 e. The van der Waals surface area contributed by atoms with Gasteiger partial charge in [0, 0.05) is 19.2 Å². The van der Waals surface area contributed by atoms with Gasteiger partial charge >= 0.3 is 6.09 Å². The zero-order valence-electron chi connectivity index (χ0n) is 23.7. The molecule has 0 aliphatic heterocycles. The van der Waals surface area contributed by atoms with Gasteiger partial charge in [0.1, 0.15) is 17.2 Å². The number of ether oxygens (including phenoxy) is 1. The molecule has 0 aromatic heterocycles. The Balaban J connectivity index is 2.40. The number of aliphatic hydroxyl groups excluding tert-OH is 1. The number of benzene rings is 2. The second-order valence-corrected chi connectivity index (χ2v) is 10.9. The summed E-state index contributed by atoms with van der Waals surface area (Å²) in [6.07, 6.45) is 0.206. The van der Waals surface area contributed by atoms with Crippen molar-refractivity contribution in [3.63, 3.8) is 0 Å². The molecule has 0 aliphatic rings. The normalized spacial score (nSPS) is 14.0. The number of carbonyl (C=O) groups is 2. The smallest absolute Gasteiger partial charge is 0.417 e. The summed E-state index contributed by atoms with van der Waals surface area (Å²) in [5.41, 5.74) is 7.59. The van der Waals surface area contributed by atoms with E-state index < -0.39 is 47.4 Å². The molecule has 0 saturated heterocycles. The van der Waals surface area contributed by atoms with Crippen LogP contribution in [0.25, 0.3) is 0 Å². The van der Waals surface area contributed by atoms with Crippen molar-refractivity contribution >= 4 is 12.0 Å². The van der Waals surface area contributed by atoms with Gasteiger partial charge in [-0.2, -0.15) is 0 Å². The van der Waals surface area contributed by atoms with Crippen molar-refractivity contribution in [3.8, 4) is 0 Å². The number of halogens is 2. The molecule has 7 nitrogen and oxygen atoms in total. The first-order valence-electron chi connectivity index (χ1n) is 13.6. The van der Waals surface area contributed by atoms with Crippen LogP contribution in [0.2, 0.25) is 0 Å². The molecular weight excluding hydrogens is 504 g/mol. The second-order valence-electron chi connectivity index (χ2n) is 10.9. The summed E-state index contributed by atoms with van der Waals surface area (Å²) in [4.78, 5) is 27.7. The number of hydrogen-bond donors (Lipinski definition) is 3. The molecule has 2 rings (SSSR count). The number of carbonyl (C=O) groups excluding carboxylic acids is 2. The number of nitrogens with one attached hydrogen (secondary N) is 1. The predicted octanol–water partition coefficient (Wildman–Crippen LogP) is 4.87. The van der Waals surface area contributed by atoms with E-state index in [9.17, 15) is 23.5 Å². The van der Waals surface area contributed by atoms with Gasteiger partial charge in [-0.15, -0.1) is 0 Å². The molecule has 0 bridgehead atoms. The van der Waals surface area contributed by atoms with Crippen LogP contribution in [0.3, 0.4) is 0 Å². The van der Waals surface area contributed by atoms with Crippen LogP contribution >= 0.6 is 0 Å². The first kappa shape index (κ1) is 32.3.